The molecule has 0 spiro atoms. The second-order valence-corrected chi connectivity index (χ2v) is 7.90. The van der Waals surface area contributed by atoms with Gasteiger partial charge in [-0.3, -0.25) is 4.72 Å². The van der Waals surface area contributed by atoms with Gasteiger partial charge < -0.3 is 0 Å². The zero-order valence-electron chi connectivity index (χ0n) is 11.4. The number of nitrogens with zero attached hydrogens (tertiary/aromatic N) is 4. The summed E-state index contributed by atoms with van der Waals surface area (Å²) in [5.74, 6) is 0. The molecule has 23 heavy (non-hydrogen) atoms. The molecule has 10 heteroatoms. The standard InChI is InChI=1S/C13H9Br2N5O2S/c14-9-1-6-12(15)13(7-9)23(21,22)17-10-2-4-11(5-3-10)20-8-16-18-19-20/h1-8,17H. The van der Waals surface area contributed by atoms with Crippen molar-refractivity contribution in [1.82, 2.24) is 20.2 Å². The van der Waals surface area contributed by atoms with E-state index in [-0.39, 0.29) is 4.90 Å². The molecule has 0 fully saturated rings. The Labute approximate surface area is 149 Å². The van der Waals surface area contributed by atoms with Gasteiger partial charge in [-0.15, -0.1) is 5.10 Å². The molecule has 0 atom stereocenters. The van der Waals surface area contributed by atoms with E-state index in [1.54, 1.807) is 36.4 Å². The number of anilines is 1. The van der Waals surface area contributed by atoms with Crippen LogP contribution in [-0.4, -0.2) is 28.6 Å². The van der Waals surface area contributed by atoms with Gasteiger partial charge in [-0.2, -0.15) is 0 Å². The predicted molar refractivity (Wildman–Crippen MR) is 91.8 cm³/mol. The van der Waals surface area contributed by atoms with Gasteiger partial charge in [0.05, 0.1) is 5.69 Å². The van der Waals surface area contributed by atoms with Gasteiger partial charge in [0.2, 0.25) is 0 Å². The van der Waals surface area contributed by atoms with Crippen LogP contribution in [0.15, 0.2) is 62.6 Å². The van der Waals surface area contributed by atoms with Gasteiger partial charge in [-0.1, -0.05) is 15.9 Å². The molecule has 3 rings (SSSR count). The highest BCUT2D eigenvalue weighted by Crippen LogP contribution is 2.27. The fourth-order valence-electron chi connectivity index (χ4n) is 1.86. The van der Waals surface area contributed by atoms with E-state index < -0.39 is 10.0 Å². The Balaban J connectivity index is 1.87. The van der Waals surface area contributed by atoms with E-state index in [1.165, 1.54) is 17.1 Å². The van der Waals surface area contributed by atoms with Crippen molar-refractivity contribution in [3.8, 4) is 5.69 Å². The summed E-state index contributed by atoms with van der Waals surface area (Å²) in [4.78, 5) is 0.149. The molecule has 0 aliphatic carbocycles. The van der Waals surface area contributed by atoms with Crippen LogP contribution in [0.25, 0.3) is 5.69 Å². The molecule has 3 aromatic rings. The average Bonchev–Trinajstić information content (AvgIpc) is 3.04. The van der Waals surface area contributed by atoms with Crippen LogP contribution < -0.4 is 4.72 Å². The van der Waals surface area contributed by atoms with Crippen molar-refractivity contribution in [1.29, 1.82) is 0 Å². The topological polar surface area (TPSA) is 89.8 Å². The number of benzene rings is 2. The highest BCUT2D eigenvalue weighted by Gasteiger charge is 2.18. The summed E-state index contributed by atoms with van der Waals surface area (Å²) >= 11 is 6.52. The quantitative estimate of drug-likeness (QED) is 0.649. The van der Waals surface area contributed by atoms with Crippen LogP contribution in [0.5, 0.6) is 0 Å². The summed E-state index contributed by atoms with van der Waals surface area (Å²) in [5.41, 5.74) is 1.16. The Morgan fingerprint density at radius 3 is 2.43 bits per heavy atom. The monoisotopic (exact) mass is 457 g/mol. The molecular weight excluding hydrogens is 450 g/mol. The number of hydrogen-bond donors (Lipinski definition) is 1. The van der Waals surface area contributed by atoms with Crippen LogP contribution in [0, 0.1) is 0 Å². The summed E-state index contributed by atoms with van der Waals surface area (Å²) in [7, 11) is -3.71. The SMILES string of the molecule is O=S(=O)(Nc1ccc(-n2cnnn2)cc1)c1cc(Br)ccc1Br. The van der Waals surface area contributed by atoms with Gasteiger partial charge in [0, 0.05) is 14.6 Å². The minimum atomic E-state index is -3.71. The number of halogens is 2. The maximum atomic E-state index is 12.5. The lowest BCUT2D eigenvalue weighted by atomic mass is 10.3. The van der Waals surface area contributed by atoms with Crippen LogP contribution in [0.4, 0.5) is 5.69 Å². The molecule has 0 amide bonds. The Bertz CT molecular complexity index is 928. The molecule has 0 saturated carbocycles. The Hall–Kier alpha value is -1.78. The van der Waals surface area contributed by atoms with Gasteiger partial charge in [-0.25, -0.2) is 13.1 Å². The largest absolute Gasteiger partial charge is 0.280 e. The molecule has 7 nitrogen and oxygen atoms in total. The van der Waals surface area contributed by atoms with Crippen LogP contribution >= 0.6 is 31.9 Å². The summed E-state index contributed by atoms with van der Waals surface area (Å²) in [6.45, 7) is 0. The maximum absolute atomic E-state index is 12.5. The molecule has 118 valence electrons. The molecule has 1 aromatic heterocycles. The third-order valence-electron chi connectivity index (χ3n) is 2.92. The number of sulfonamides is 1. The van der Waals surface area contributed by atoms with E-state index in [0.717, 1.165) is 5.69 Å². The third-order valence-corrected chi connectivity index (χ3v) is 5.78. The van der Waals surface area contributed by atoms with Crippen molar-refractivity contribution in [3.63, 3.8) is 0 Å². The minimum absolute atomic E-state index is 0.149. The van der Waals surface area contributed by atoms with Gasteiger partial charge in [0.25, 0.3) is 10.0 Å². The van der Waals surface area contributed by atoms with Crippen LogP contribution in [0.1, 0.15) is 0 Å². The molecule has 1 heterocycles. The highest BCUT2D eigenvalue weighted by atomic mass is 79.9. The van der Waals surface area contributed by atoms with Gasteiger partial charge in [0.15, 0.2) is 0 Å². The lowest BCUT2D eigenvalue weighted by Gasteiger charge is -2.10. The summed E-state index contributed by atoms with van der Waals surface area (Å²) in [6.07, 6.45) is 1.46. The minimum Gasteiger partial charge on any atom is -0.280 e. The van der Waals surface area contributed by atoms with E-state index in [1.807, 2.05) is 0 Å². The highest BCUT2D eigenvalue weighted by molar-refractivity contribution is 9.11. The lowest BCUT2D eigenvalue weighted by molar-refractivity contribution is 0.600. The molecular formula is C13H9Br2N5O2S. The molecule has 0 bridgehead atoms. The van der Waals surface area contributed by atoms with Crippen molar-refractivity contribution < 1.29 is 8.42 Å². The second-order valence-electron chi connectivity index (χ2n) is 4.48. The second kappa shape index (κ2) is 6.38. The predicted octanol–water partition coefficient (Wildman–Crippen LogP) is 2.99. The fourth-order valence-corrected chi connectivity index (χ4v) is 4.42. The number of hydrogen-bond acceptors (Lipinski definition) is 5. The summed E-state index contributed by atoms with van der Waals surface area (Å²) in [6, 6.07) is 11.7. The summed E-state index contributed by atoms with van der Waals surface area (Å²) < 4.78 is 30.1. The molecule has 0 saturated heterocycles. The van der Waals surface area contributed by atoms with Crippen molar-refractivity contribution in [2.24, 2.45) is 0 Å². The molecule has 0 aliphatic rings. The number of tetrazole rings is 1. The number of rotatable bonds is 4. The average molecular weight is 459 g/mol. The lowest BCUT2D eigenvalue weighted by Crippen LogP contribution is -2.13. The first-order valence-corrected chi connectivity index (χ1v) is 9.34. The molecule has 0 radical (unpaired) electrons. The van der Waals surface area contributed by atoms with E-state index in [2.05, 4.69) is 52.1 Å². The van der Waals surface area contributed by atoms with E-state index in [0.29, 0.717) is 14.6 Å². The van der Waals surface area contributed by atoms with E-state index in [9.17, 15) is 8.42 Å². The zero-order valence-corrected chi connectivity index (χ0v) is 15.4. The van der Waals surface area contributed by atoms with Gasteiger partial charge in [-0.05, 0) is 68.8 Å². The van der Waals surface area contributed by atoms with Crippen molar-refractivity contribution >= 4 is 47.6 Å². The molecule has 0 aliphatic heterocycles. The Morgan fingerprint density at radius 1 is 1.04 bits per heavy atom. The smallest absolute Gasteiger partial charge is 0.263 e. The zero-order chi connectivity index (χ0) is 16.4. The van der Waals surface area contributed by atoms with E-state index >= 15 is 0 Å². The fraction of sp³-hybridized carbons (Fsp3) is 0. The first-order valence-electron chi connectivity index (χ1n) is 6.27. The maximum Gasteiger partial charge on any atom is 0.263 e. The van der Waals surface area contributed by atoms with E-state index in [4.69, 9.17) is 0 Å². The Kier molecular flexibility index (Phi) is 4.46. The first-order chi connectivity index (χ1) is 11.0. The van der Waals surface area contributed by atoms with Crippen molar-refractivity contribution in [2.45, 2.75) is 4.90 Å². The van der Waals surface area contributed by atoms with Gasteiger partial charge >= 0.3 is 0 Å². The van der Waals surface area contributed by atoms with Crippen molar-refractivity contribution in [3.05, 3.63) is 57.7 Å². The van der Waals surface area contributed by atoms with Crippen molar-refractivity contribution in [2.75, 3.05) is 4.72 Å². The van der Waals surface area contributed by atoms with Gasteiger partial charge in [0.1, 0.15) is 11.2 Å². The molecule has 0 unspecified atom stereocenters. The Morgan fingerprint density at radius 2 is 1.78 bits per heavy atom. The normalized spacial score (nSPS) is 11.4. The number of aromatic nitrogens is 4. The van der Waals surface area contributed by atoms with Crippen LogP contribution in [0.2, 0.25) is 0 Å². The summed E-state index contributed by atoms with van der Waals surface area (Å²) in [5, 5.41) is 10.9. The first kappa shape index (κ1) is 16.1. The van der Waals surface area contributed by atoms with Crippen LogP contribution in [0.3, 0.4) is 0 Å². The molecule has 1 N–H and O–H groups in total. The van der Waals surface area contributed by atoms with Crippen LogP contribution in [-0.2, 0) is 10.0 Å². The third kappa shape index (κ3) is 3.59. The molecule has 2 aromatic carbocycles. The number of nitrogens with one attached hydrogen (secondary N) is 1.